The number of hydrogen-bond donors (Lipinski definition) is 2. The fraction of sp³-hybridized carbons (Fsp3) is 0.846. The van der Waals surface area contributed by atoms with Gasteiger partial charge in [0.2, 0.25) is 11.8 Å². The third-order valence-electron chi connectivity index (χ3n) is 3.31. The quantitative estimate of drug-likeness (QED) is 0.767. The summed E-state index contributed by atoms with van der Waals surface area (Å²) in [5, 5.41) is 2.73. The highest BCUT2D eigenvalue weighted by Crippen LogP contribution is 2.17. The van der Waals surface area contributed by atoms with Gasteiger partial charge in [0.1, 0.15) is 0 Å². The largest absolute Gasteiger partial charge is 0.354 e. The van der Waals surface area contributed by atoms with E-state index in [1.807, 2.05) is 25.7 Å². The highest BCUT2D eigenvalue weighted by molar-refractivity contribution is 5.83. The van der Waals surface area contributed by atoms with E-state index in [1.165, 1.54) is 0 Å². The molecule has 0 spiro atoms. The predicted molar refractivity (Wildman–Crippen MR) is 70.9 cm³/mol. The van der Waals surface area contributed by atoms with Crippen molar-refractivity contribution in [3.8, 4) is 0 Å². The Kier molecular flexibility index (Phi) is 5.14. The first-order chi connectivity index (χ1) is 8.32. The molecule has 2 amide bonds. The molecule has 1 saturated heterocycles. The molecule has 0 bridgehead atoms. The van der Waals surface area contributed by atoms with Gasteiger partial charge in [0.25, 0.3) is 0 Å². The van der Waals surface area contributed by atoms with Crippen LogP contribution in [0.5, 0.6) is 0 Å². The summed E-state index contributed by atoms with van der Waals surface area (Å²) in [7, 11) is 0. The third-order valence-corrected chi connectivity index (χ3v) is 3.31. The zero-order valence-corrected chi connectivity index (χ0v) is 11.7. The molecule has 0 aliphatic carbocycles. The SMILES string of the molecule is CC(C)(C)[C@@H](N)C(=O)NCCC(=O)N1CCCC1. The van der Waals surface area contributed by atoms with Gasteiger partial charge in [-0.05, 0) is 18.3 Å². The lowest BCUT2D eigenvalue weighted by atomic mass is 9.87. The van der Waals surface area contributed by atoms with Gasteiger partial charge in [-0.25, -0.2) is 0 Å². The van der Waals surface area contributed by atoms with E-state index >= 15 is 0 Å². The highest BCUT2D eigenvalue weighted by atomic mass is 16.2. The Morgan fingerprint density at radius 2 is 1.83 bits per heavy atom. The summed E-state index contributed by atoms with van der Waals surface area (Å²) in [5.41, 5.74) is 5.57. The van der Waals surface area contributed by atoms with Gasteiger partial charge in [-0.3, -0.25) is 9.59 Å². The van der Waals surface area contributed by atoms with Gasteiger partial charge < -0.3 is 16.0 Å². The maximum atomic E-state index is 11.7. The normalized spacial score (nSPS) is 17.7. The van der Waals surface area contributed by atoms with E-state index in [0.29, 0.717) is 13.0 Å². The van der Waals surface area contributed by atoms with E-state index < -0.39 is 6.04 Å². The molecule has 3 N–H and O–H groups in total. The first-order valence-electron chi connectivity index (χ1n) is 6.63. The van der Waals surface area contributed by atoms with E-state index in [9.17, 15) is 9.59 Å². The molecule has 0 radical (unpaired) electrons. The van der Waals surface area contributed by atoms with Gasteiger partial charge in [-0.2, -0.15) is 0 Å². The molecule has 104 valence electrons. The average Bonchev–Trinajstić information content (AvgIpc) is 2.79. The van der Waals surface area contributed by atoms with Gasteiger partial charge in [-0.15, -0.1) is 0 Å². The van der Waals surface area contributed by atoms with Crippen molar-refractivity contribution in [3.63, 3.8) is 0 Å². The number of hydrogen-bond acceptors (Lipinski definition) is 3. The van der Waals surface area contributed by atoms with Crippen LogP contribution in [0.15, 0.2) is 0 Å². The number of rotatable bonds is 4. The van der Waals surface area contributed by atoms with E-state index in [-0.39, 0.29) is 17.2 Å². The van der Waals surface area contributed by atoms with Crippen LogP contribution in [0.2, 0.25) is 0 Å². The minimum atomic E-state index is -0.542. The molecule has 0 saturated carbocycles. The lowest BCUT2D eigenvalue weighted by Gasteiger charge is -2.25. The zero-order chi connectivity index (χ0) is 13.8. The van der Waals surface area contributed by atoms with Crippen molar-refractivity contribution < 1.29 is 9.59 Å². The van der Waals surface area contributed by atoms with Crippen LogP contribution in [0, 0.1) is 5.41 Å². The van der Waals surface area contributed by atoms with Crippen LogP contribution in [-0.4, -0.2) is 42.4 Å². The molecule has 1 aliphatic rings. The molecule has 0 unspecified atom stereocenters. The standard InChI is InChI=1S/C13H25N3O2/c1-13(2,3)11(14)12(18)15-7-6-10(17)16-8-4-5-9-16/h11H,4-9,14H2,1-3H3,(H,15,18)/t11-/m0/s1. The van der Waals surface area contributed by atoms with Crippen LogP contribution in [0.4, 0.5) is 0 Å². The first-order valence-corrected chi connectivity index (χ1v) is 6.63. The maximum absolute atomic E-state index is 11.7. The molecule has 1 fully saturated rings. The summed E-state index contributed by atoms with van der Waals surface area (Å²) in [5.74, 6) is -0.0612. The molecule has 0 aromatic carbocycles. The second kappa shape index (κ2) is 6.18. The third kappa shape index (κ3) is 4.29. The van der Waals surface area contributed by atoms with Crippen molar-refractivity contribution in [2.75, 3.05) is 19.6 Å². The molecule has 18 heavy (non-hydrogen) atoms. The monoisotopic (exact) mass is 255 g/mol. The Morgan fingerprint density at radius 1 is 1.28 bits per heavy atom. The minimum absolute atomic E-state index is 0.122. The molecule has 1 rings (SSSR count). The van der Waals surface area contributed by atoms with Crippen LogP contribution >= 0.6 is 0 Å². The Bertz CT molecular complexity index is 304. The molecule has 5 heteroatoms. The van der Waals surface area contributed by atoms with Crippen LogP contribution in [0.25, 0.3) is 0 Å². The number of nitrogens with one attached hydrogen (secondary N) is 1. The number of carbonyl (C=O) groups excluding carboxylic acids is 2. The number of carbonyl (C=O) groups is 2. The van der Waals surface area contributed by atoms with Gasteiger partial charge in [0.15, 0.2) is 0 Å². The Balaban J connectivity index is 2.25. The molecule has 0 aromatic rings. The molecule has 1 heterocycles. The minimum Gasteiger partial charge on any atom is -0.354 e. The topological polar surface area (TPSA) is 75.4 Å². The highest BCUT2D eigenvalue weighted by Gasteiger charge is 2.27. The fourth-order valence-corrected chi connectivity index (χ4v) is 1.92. The molecule has 1 aliphatic heterocycles. The summed E-state index contributed by atoms with van der Waals surface area (Å²) in [4.78, 5) is 25.3. The molecular weight excluding hydrogens is 230 g/mol. The number of nitrogens with zero attached hydrogens (tertiary/aromatic N) is 1. The summed E-state index contributed by atoms with van der Waals surface area (Å²) in [6.07, 6.45) is 2.54. The van der Waals surface area contributed by atoms with Crippen molar-refractivity contribution in [3.05, 3.63) is 0 Å². The van der Waals surface area contributed by atoms with Crippen molar-refractivity contribution >= 4 is 11.8 Å². The van der Waals surface area contributed by atoms with Crippen LogP contribution in [-0.2, 0) is 9.59 Å². The predicted octanol–water partition coefficient (Wildman–Crippen LogP) is 0.489. The molecule has 0 aromatic heterocycles. The van der Waals surface area contributed by atoms with Gasteiger partial charge in [0, 0.05) is 26.1 Å². The lowest BCUT2D eigenvalue weighted by molar-refractivity contribution is -0.130. The second-order valence-electron chi connectivity index (χ2n) is 5.97. The number of amides is 2. The fourth-order valence-electron chi connectivity index (χ4n) is 1.92. The summed E-state index contributed by atoms with van der Waals surface area (Å²) in [6.45, 7) is 7.85. The number of nitrogens with two attached hydrogens (primary N) is 1. The zero-order valence-electron chi connectivity index (χ0n) is 11.7. The van der Waals surface area contributed by atoms with Crippen molar-refractivity contribution in [1.82, 2.24) is 10.2 Å². The molecular formula is C13H25N3O2. The first kappa shape index (κ1) is 15.0. The number of likely N-dealkylation sites (tertiary alicyclic amines) is 1. The van der Waals surface area contributed by atoms with Gasteiger partial charge >= 0.3 is 0 Å². The van der Waals surface area contributed by atoms with Crippen LogP contribution in [0.3, 0.4) is 0 Å². The van der Waals surface area contributed by atoms with E-state index in [2.05, 4.69) is 5.32 Å². The Hall–Kier alpha value is -1.10. The Morgan fingerprint density at radius 3 is 2.33 bits per heavy atom. The van der Waals surface area contributed by atoms with E-state index in [0.717, 1.165) is 25.9 Å². The van der Waals surface area contributed by atoms with Crippen molar-refractivity contribution in [2.45, 2.75) is 46.1 Å². The van der Waals surface area contributed by atoms with E-state index in [1.54, 1.807) is 0 Å². The van der Waals surface area contributed by atoms with Crippen LogP contribution < -0.4 is 11.1 Å². The van der Waals surface area contributed by atoms with Crippen molar-refractivity contribution in [1.29, 1.82) is 0 Å². The van der Waals surface area contributed by atoms with Crippen molar-refractivity contribution in [2.24, 2.45) is 11.1 Å². The van der Waals surface area contributed by atoms with Gasteiger partial charge in [0.05, 0.1) is 6.04 Å². The van der Waals surface area contributed by atoms with E-state index in [4.69, 9.17) is 5.73 Å². The lowest BCUT2D eigenvalue weighted by Crippen LogP contribution is -2.49. The Labute approximate surface area is 109 Å². The second-order valence-corrected chi connectivity index (χ2v) is 5.97. The van der Waals surface area contributed by atoms with Crippen LogP contribution in [0.1, 0.15) is 40.0 Å². The maximum Gasteiger partial charge on any atom is 0.237 e. The summed E-state index contributed by atoms with van der Waals surface area (Å²) >= 11 is 0. The summed E-state index contributed by atoms with van der Waals surface area (Å²) in [6, 6.07) is -0.542. The molecule has 1 atom stereocenters. The summed E-state index contributed by atoms with van der Waals surface area (Å²) < 4.78 is 0. The average molecular weight is 255 g/mol. The van der Waals surface area contributed by atoms with Gasteiger partial charge in [-0.1, -0.05) is 20.8 Å². The molecule has 5 nitrogen and oxygen atoms in total. The smallest absolute Gasteiger partial charge is 0.237 e.